The lowest BCUT2D eigenvalue weighted by Crippen LogP contribution is -2.25. The minimum atomic E-state index is -0.834. The van der Waals surface area contributed by atoms with Crippen LogP contribution in [0.1, 0.15) is 34.0 Å². The van der Waals surface area contributed by atoms with E-state index in [-0.39, 0.29) is 22.6 Å². The van der Waals surface area contributed by atoms with Gasteiger partial charge in [0.1, 0.15) is 11.5 Å². The summed E-state index contributed by atoms with van der Waals surface area (Å²) in [4.78, 5) is 37.8. The van der Waals surface area contributed by atoms with Crippen LogP contribution in [0.5, 0.6) is 11.5 Å². The van der Waals surface area contributed by atoms with Crippen LogP contribution in [0.3, 0.4) is 0 Å². The molecule has 0 aliphatic heterocycles. The number of phenolic OH excluding ortho intramolecular Hbond substituents is 2. The lowest BCUT2D eigenvalue weighted by molar-refractivity contribution is 0.476. The van der Waals surface area contributed by atoms with E-state index >= 15 is 0 Å². The van der Waals surface area contributed by atoms with Gasteiger partial charge in [-0.3, -0.25) is 19.8 Å². The van der Waals surface area contributed by atoms with Gasteiger partial charge in [0.15, 0.2) is 0 Å². The summed E-state index contributed by atoms with van der Waals surface area (Å²) in [6, 6.07) is 20.9. The number of phenols is 2. The van der Waals surface area contributed by atoms with Crippen LogP contribution in [-0.4, -0.2) is 39.7 Å². The van der Waals surface area contributed by atoms with Crippen molar-refractivity contribution >= 4 is 34.3 Å². The Bertz CT molecular complexity index is 2220. The zero-order valence-electron chi connectivity index (χ0n) is 24.4. The van der Waals surface area contributed by atoms with E-state index in [9.17, 15) is 19.8 Å². The summed E-state index contributed by atoms with van der Waals surface area (Å²) in [6.45, 7) is 3.54. The number of aromatic nitrogens is 6. The van der Waals surface area contributed by atoms with Crippen LogP contribution in [0, 0.1) is 13.8 Å². The van der Waals surface area contributed by atoms with Gasteiger partial charge >= 0.3 is 0 Å². The molecule has 10 nitrogen and oxygen atoms in total. The molecule has 0 unspecified atom stereocenters. The highest BCUT2D eigenvalue weighted by molar-refractivity contribution is 7.12. The molecule has 4 heterocycles. The minimum absolute atomic E-state index is 0.0842. The smallest absolute Gasteiger partial charge is 0.277 e. The van der Waals surface area contributed by atoms with Gasteiger partial charge in [-0.2, -0.15) is 9.36 Å². The Kier molecular flexibility index (Phi) is 7.47. The van der Waals surface area contributed by atoms with Crippen molar-refractivity contribution in [1.82, 2.24) is 29.5 Å². The summed E-state index contributed by atoms with van der Waals surface area (Å²) < 4.78 is 2.70. The number of H-pyrrole nitrogens is 2. The highest BCUT2D eigenvalue weighted by Gasteiger charge is 2.33. The molecule has 7 aromatic rings. The molecular formula is C33H25ClN6O4S2. The Morgan fingerprint density at radius 2 is 1.13 bits per heavy atom. The third-order valence-electron chi connectivity index (χ3n) is 7.75. The first-order valence-corrected chi connectivity index (χ1v) is 16.2. The van der Waals surface area contributed by atoms with Crippen LogP contribution < -0.4 is 11.1 Å². The first kappa shape index (κ1) is 29.5. The average Bonchev–Trinajstić information content (AvgIpc) is 3.83. The van der Waals surface area contributed by atoms with Crippen LogP contribution >= 0.6 is 34.3 Å². The van der Waals surface area contributed by atoms with Gasteiger partial charge < -0.3 is 10.2 Å². The number of halogens is 1. The number of rotatable bonds is 7. The molecule has 0 bridgehead atoms. The van der Waals surface area contributed by atoms with Gasteiger partial charge in [-0.05, 0) is 49.7 Å². The third kappa shape index (κ3) is 4.96. The molecule has 0 fully saturated rings. The first-order valence-electron chi connectivity index (χ1n) is 14.1. The van der Waals surface area contributed by atoms with Gasteiger partial charge in [-0.1, -0.05) is 54.1 Å². The molecule has 0 amide bonds. The van der Waals surface area contributed by atoms with Crippen molar-refractivity contribution in [3.63, 3.8) is 0 Å². The summed E-state index contributed by atoms with van der Waals surface area (Å²) in [7, 11) is 0. The Morgan fingerprint density at radius 3 is 1.59 bits per heavy atom. The molecule has 0 atom stereocenters. The van der Waals surface area contributed by atoms with E-state index in [4.69, 9.17) is 11.6 Å². The molecule has 0 saturated heterocycles. The van der Waals surface area contributed by atoms with E-state index in [1.165, 1.54) is 32.0 Å². The van der Waals surface area contributed by atoms with Gasteiger partial charge in [-0.15, -0.1) is 22.7 Å². The Balaban J connectivity index is 1.37. The van der Waals surface area contributed by atoms with E-state index in [0.717, 1.165) is 0 Å². The number of hydrogen-bond donors (Lipinski definition) is 4. The van der Waals surface area contributed by atoms with Crippen molar-refractivity contribution in [1.29, 1.82) is 0 Å². The standard InChI is InChI=1S/C33H25ClN6O4S2/c1-17-27(30(43)39(37-17)32-35-23(15-45-32)20-10-4-7-13-25(20)41)29(19-9-3-6-12-22(19)34)28-18(2)38-40(31(28)44)33-36-24(16-46-33)21-11-5-8-14-26(21)42/h3-16,29,37-38,41-42H,1-2H3. The van der Waals surface area contributed by atoms with Crippen molar-refractivity contribution in [3.05, 3.63) is 137 Å². The molecule has 4 N–H and O–H groups in total. The van der Waals surface area contributed by atoms with Crippen LogP contribution in [0.25, 0.3) is 32.8 Å². The summed E-state index contributed by atoms with van der Waals surface area (Å²) >= 11 is 9.23. The van der Waals surface area contributed by atoms with Crippen LogP contribution in [0.4, 0.5) is 0 Å². The van der Waals surface area contributed by atoms with Gasteiger partial charge in [0.05, 0.1) is 28.4 Å². The van der Waals surface area contributed by atoms with E-state index in [0.29, 0.717) is 65.9 Å². The number of thiazole rings is 2. The summed E-state index contributed by atoms with van der Waals surface area (Å²) in [5.41, 5.74) is 3.72. The van der Waals surface area contributed by atoms with E-state index in [2.05, 4.69) is 20.2 Å². The number of nitrogens with one attached hydrogen (secondary N) is 2. The highest BCUT2D eigenvalue weighted by Crippen LogP contribution is 2.37. The Labute approximate surface area is 274 Å². The second-order valence-corrected chi connectivity index (χ2v) is 12.7. The quantitative estimate of drug-likeness (QED) is 0.148. The van der Waals surface area contributed by atoms with Crippen LogP contribution in [-0.2, 0) is 0 Å². The number of hydrogen-bond acceptors (Lipinski definition) is 8. The molecule has 0 aliphatic rings. The molecule has 0 spiro atoms. The molecule has 13 heteroatoms. The molecule has 0 radical (unpaired) electrons. The fourth-order valence-corrected chi connectivity index (χ4v) is 7.40. The fourth-order valence-electron chi connectivity index (χ4n) is 5.59. The largest absolute Gasteiger partial charge is 0.507 e. The summed E-state index contributed by atoms with van der Waals surface area (Å²) in [5, 5.41) is 31.6. The van der Waals surface area contributed by atoms with Crippen molar-refractivity contribution in [2.24, 2.45) is 0 Å². The maximum Gasteiger partial charge on any atom is 0.277 e. The molecule has 230 valence electrons. The second kappa shape index (κ2) is 11.6. The second-order valence-electron chi connectivity index (χ2n) is 10.6. The normalized spacial score (nSPS) is 11.5. The molecule has 3 aromatic carbocycles. The number of aromatic hydroxyl groups is 2. The Hall–Kier alpha value is -5.17. The zero-order chi connectivity index (χ0) is 32.1. The van der Waals surface area contributed by atoms with Gasteiger partial charge in [0, 0.05) is 38.3 Å². The number of aryl methyl sites for hydroxylation is 2. The predicted octanol–water partition coefficient (Wildman–Crippen LogP) is 6.75. The number of aromatic amines is 2. The van der Waals surface area contributed by atoms with Crippen molar-refractivity contribution in [2.75, 3.05) is 0 Å². The highest BCUT2D eigenvalue weighted by atomic mass is 35.5. The van der Waals surface area contributed by atoms with Gasteiger partial charge in [-0.25, -0.2) is 9.97 Å². The molecular weight excluding hydrogens is 644 g/mol. The third-order valence-corrected chi connectivity index (χ3v) is 9.75. The maximum atomic E-state index is 14.2. The fraction of sp³-hybridized carbons (Fsp3) is 0.0909. The topological polar surface area (TPSA) is 142 Å². The average molecular weight is 669 g/mol. The molecule has 4 aromatic heterocycles. The molecule has 46 heavy (non-hydrogen) atoms. The lowest BCUT2D eigenvalue weighted by Gasteiger charge is -2.17. The molecule has 0 aliphatic carbocycles. The van der Waals surface area contributed by atoms with Gasteiger partial charge in [0.25, 0.3) is 11.1 Å². The predicted molar refractivity (Wildman–Crippen MR) is 180 cm³/mol. The SMILES string of the molecule is Cc1[nH]n(-c2nc(-c3ccccc3O)cs2)c(=O)c1C(c1ccccc1Cl)c1c(C)[nH]n(-c2nc(-c3ccccc3O)cs2)c1=O. The first-order chi connectivity index (χ1) is 22.2. The molecule has 7 rings (SSSR count). The number of nitrogens with zero attached hydrogens (tertiary/aromatic N) is 4. The van der Waals surface area contributed by atoms with E-state index in [1.807, 2.05) is 6.07 Å². The van der Waals surface area contributed by atoms with Gasteiger partial charge in [0.2, 0.25) is 10.3 Å². The van der Waals surface area contributed by atoms with E-state index < -0.39 is 5.92 Å². The van der Waals surface area contributed by atoms with Crippen molar-refractivity contribution < 1.29 is 10.2 Å². The minimum Gasteiger partial charge on any atom is -0.507 e. The number of benzene rings is 3. The maximum absolute atomic E-state index is 14.2. The van der Waals surface area contributed by atoms with E-state index in [1.54, 1.807) is 91.3 Å². The van der Waals surface area contributed by atoms with Crippen molar-refractivity contribution in [2.45, 2.75) is 19.8 Å². The Morgan fingerprint density at radius 1 is 0.696 bits per heavy atom. The summed E-state index contributed by atoms with van der Waals surface area (Å²) in [6.07, 6.45) is 0. The zero-order valence-corrected chi connectivity index (χ0v) is 26.7. The van der Waals surface area contributed by atoms with Crippen LogP contribution in [0.15, 0.2) is 93.1 Å². The van der Waals surface area contributed by atoms with Crippen LogP contribution in [0.2, 0.25) is 5.02 Å². The monoisotopic (exact) mass is 668 g/mol. The lowest BCUT2D eigenvalue weighted by atomic mass is 9.85. The number of para-hydroxylation sites is 2. The summed E-state index contributed by atoms with van der Waals surface area (Å²) in [5.74, 6) is -0.666. The molecule has 0 saturated carbocycles. The van der Waals surface area contributed by atoms with Crippen molar-refractivity contribution in [3.8, 4) is 44.3 Å².